The van der Waals surface area contributed by atoms with Crippen LogP contribution in [0.5, 0.6) is 0 Å². The van der Waals surface area contributed by atoms with Crippen molar-refractivity contribution in [2.24, 2.45) is 22.7 Å². The predicted molar refractivity (Wildman–Crippen MR) is 67.6 cm³/mol. The van der Waals surface area contributed by atoms with Gasteiger partial charge in [-0.25, -0.2) is 9.97 Å². The van der Waals surface area contributed by atoms with Gasteiger partial charge in [-0.2, -0.15) is 0 Å². The fraction of sp³-hybridized carbons (Fsp3) is 0.583. The van der Waals surface area contributed by atoms with Crippen molar-refractivity contribution in [1.82, 2.24) is 9.97 Å². The molecule has 2 fully saturated rings. The standard InChI is InChI=1S/C12H17N5O/c13-11(16-18)10-12(15-5-4-14-10)17-6-8-2-1-3-9(8)7-17/h4-5,8-9,18H,1-3,6-7H2,(H2,13,16). The Balaban J connectivity index is 1.89. The first-order valence-electron chi connectivity index (χ1n) is 6.33. The van der Waals surface area contributed by atoms with Gasteiger partial charge in [-0.1, -0.05) is 11.6 Å². The number of amidine groups is 1. The molecular formula is C12H17N5O. The molecule has 0 spiro atoms. The van der Waals surface area contributed by atoms with Gasteiger partial charge in [-0.15, -0.1) is 0 Å². The molecule has 2 atom stereocenters. The lowest BCUT2D eigenvalue weighted by molar-refractivity contribution is 0.318. The second-order valence-corrected chi connectivity index (χ2v) is 5.07. The summed E-state index contributed by atoms with van der Waals surface area (Å²) in [6.45, 7) is 2.02. The van der Waals surface area contributed by atoms with Gasteiger partial charge in [-0.3, -0.25) is 0 Å². The van der Waals surface area contributed by atoms with E-state index in [1.165, 1.54) is 19.3 Å². The Labute approximate surface area is 106 Å². The molecule has 1 aromatic rings. The summed E-state index contributed by atoms with van der Waals surface area (Å²) < 4.78 is 0. The van der Waals surface area contributed by atoms with Crippen molar-refractivity contribution >= 4 is 11.7 Å². The number of anilines is 1. The van der Waals surface area contributed by atoms with Crippen LogP contribution in [0, 0.1) is 11.8 Å². The summed E-state index contributed by atoms with van der Waals surface area (Å²) in [6, 6.07) is 0. The van der Waals surface area contributed by atoms with Crippen molar-refractivity contribution in [1.29, 1.82) is 0 Å². The minimum Gasteiger partial charge on any atom is -0.409 e. The molecule has 96 valence electrons. The van der Waals surface area contributed by atoms with E-state index in [4.69, 9.17) is 10.9 Å². The van der Waals surface area contributed by atoms with E-state index in [-0.39, 0.29) is 5.84 Å². The molecule has 3 N–H and O–H groups in total. The van der Waals surface area contributed by atoms with Crippen LogP contribution in [0.4, 0.5) is 5.82 Å². The fourth-order valence-electron chi connectivity index (χ4n) is 3.20. The number of hydrogen-bond acceptors (Lipinski definition) is 5. The van der Waals surface area contributed by atoms with Gasteiger partial charge >= 0.3 is 0 Å². The molecule has 0 radical (unpaired) electrons. The van der Waals surface area contributed by atoms with Gasteiger partial charge in [0.1, 0.15) is 0 Å². The van der Waals surface area contributed by atoms with E-state index < -0.39 is 0 Å². The Hall–Kier alpha value is -1.85. The highest BCUT2D eigenvalue weighted by Crippen LogP contribution is 2.39. The van der Waals surface area contributed by atoms with Gasteiger partial charge in [0.2, 0.25) is 0 Å². The third-order valence-electron chi connectivity index (χ3n) is 4.06. The maximum Gasteiger partial charge on any atom is 0.192 e. The molecule has 2 aliphatic rings. The van der Waals surface area contributed by atoms with E-state index >= 15 is 0 Å². The molecular weight excluding hydrogens is 230 g/mol. The molecule has 0 amide bonds. The van der Waals surface area contributed by atoms with Gasteiger partial charge < -0.3 is 15.8 Å². The smallest absolute Gasteiger partial charge is 0.192 e. The maximum atomic E-state index is 8.79. The van der Waals surface area contributed by atoms with Gasteiger partial charge in [0.15, 0.2) is 17.3 Å². The van der Waals surface area contributed by atoms with Crippen molar-refractivity contribution in [3.8, 4) is 0 Å². The number of nitrogens with zero attached hydrogens (tertiary/aromatic N) is 4. The van der Waals surface area contributed by atoms with Gasteiger partial charge in [0.25, 0.3) is 0 Å². The summed E-state index contributed by atoms with van der Waals surface area (Å²) in [5.41, 5.74) is 6.12. The zero-order chi connectivity index (χ0) is 12.5. The number of hydrogen-bond donors (Lipinski definition) is 2. The highest BCUT2D eigenvalue weighted by molar-refractivity contribution is 5.99. The second-order valence-electron chi connectivity index (χ2n) is 5.07. The average Bonchev–Trinajstić information content (AvgIpc) is 2.98. The number of aromatic nitrogens is 2. The minimum absolute atomic E-state index is 0.0233. The molecule has 0 aromatic carbocycles. The molecule has 1 saturated heterocycles. The number of rotatable bonds is 2. The normalized spacial score (nSPS) is 27.6. The number of nitrogens with two attached hydrogens (primary N) is 1. The van der Waals surface area contributed by atoms with E-state index in [0.29, 0.717) is 5.69 Å². The highest BCUT2D eigenvalue weighted by atomic mass is 16.4. The Morgan fingerprint density at radius 1 is 1.28 bits per heavy atom. The van der Waals surface area contributed by atoms with Gasteiger partial charge in [-0.05, 0) is 24.7 Å². The molecule has 1 saturated carbocycles. The molecule has 3 rings (SSSR count). The van der Waals surface area contributed by atoms with Crippen molar-refractivity contribution in [2.45, 2.75) is 19.3 Å². The molecule has 18 heavy (non-hydrogen) atoms. The third kappa shape index (κ3) is 1.77. The number of oxime groups is 1. The van der Waals surface area contributed by atoms with Crippen LogP contribution in [-0.4, -0.2) is 34.1 Å². The predicted octanol–water partition coefficient (Wildman–Crippen LogP) is 0.807. The first-order chi connectivity index (χ1) is 8.79. The van der Waals surface area contributed by atoms with Crippen LogP contribution in [0.3, 0.4) is 0 Å². The molecule has 1 aliphatic heterocycles. The molecule has 0 bridgehead atoms. The van der Waals surface area contributed by atoms with Crippen molar-refractivity contribution in [3.63, 3.8) is 0 Å². The van der Waals surface area contributed by atoms with Crippen LogP contribution in [0.1, 0.15) is 25.0 Å². The van der Waals surface area contributed by atoms with Crippen LogP contribution in [0.15, 0.2) is 17.5 Å². The molecule has 1 aliphatic carbocycles. The summed E-state index contributed by atoms with van der Waals surface area (Å²) in [5, 5.41) is 11.8. The van der Waals surface area contributed by atoms with Crippen LogP contribution >= 0.6 is 0 Å². The largest absolute Gasteiger partial charge is 0.409 e. The topological polar surface area (TPSA) is 87.6 Å². The summed E-state index contributed by atoms with van der Waals surface area (Å²) in [7, 11) is 0. The summed E-state index contributed by atoms with van der Waals surface area (Å²) in [6.07, 6.45) is 7.17. The maximum absolute atomic E-state index is 8.79. The van der Waals surface area contributed by atoms with Crippen LogP contribution in [0.2, 0.25) is 0 Å². The van der Waals surface area contributed by atoms with E-state index in [2.05, 4.69) is 20.0 Å². The average molecular weight is 247 g/mol. The Bertz CT molecular complexity index is 463. The van der Waals surface area contributed by atoms with Gasteiger partial charge in [0, 0.05) is 25.5 Å². The van der Waals surface area contributed by atoms with E-state index in [0.717, 1.165) is 30.7 Å². The van der Waals surface area contributed by atoms with Crippen LogP contribution in [-0.2, 0) is 0 Å². The van der Waals surface area contributed by atoms with E-state index in [9.17, 15) is 0 Å². The first-order valence-corrected chi connectivity index (χ1v) is 6.33. The summed E-state index contributed by atoms with van der Waals surface area (Å²) in [5.74, 6) is 2.30. The van der Waals surface area contributed by atoms with E-state index in [1.807, 2.05) is 0 Å². The lowest BCUT2D eigenvalue weighted by atomic mass is 10.0. The third-order valence-corrected chi connectivity index (χ3v) is 4.06. The van der Waals surface area contributed by atoms with Crippen LogP contribution in [0.25, 0.3) is 0 Å². The van der Waals surface area contributed by atoms with Crippen LogP contribution < -0.4 is 10.6 Å². The molecule has 6 heteroatoms. The highest BCUT2D eigenvalue weighted by Gasteiger charge is 2.37. The zero-order valence-corrected chi connectivity index (χ0v) is 10.2. The van der Waals surface area contributed by atoms with Crippen molar-refractivity contribution in [3.05, 3.63) is 18.1 Å². The first kappa shape index (κ1) is 11.3. The molecule has 1 aromatic heterocycles. The van der Waals surface area contributed by atoms with Crippen molar-refractivity contribution < 1.29 is 5.21 Å². The van der Waals surface area contributed by atoms with E-state index in [1.54, 1.807) is 12.4 Å². The molecule has 2 heterocycles. The lowest BCUT2D eigenvalue weighted by Crippen LogP contribution is -2.27. The number of fused-ring (bicyclic) bond motifs is 1. The second kappa shape index (κ2) is 4.44. The molecule has 6 nitrogen and oxygen atoms in total. The lowest BCUT2D eigenvalue weighted by Gasteiger charge is -2.20. The fourth-order valence-corrected chi connectivity index (χ4v) is 3.20. The van der Waals surface area contributed by atoms with Gasteiger partial charge in [0.05, 0.1) is 0 Å². The quantitative estimate of drug-likeness (QED) is 0.349. The molecule has 2 unspecified atom stereocenters. The van der Waals surface area contributed by atoms with Crippen molar-refractivity contribution in [2.75, 3.05) is 18.0 Å². The Kier molecular flexibility index (Phi) is 2.77. The Morgan fingerprint density at radius 2 is 1.94 bits per heavy atom. The monoisotopic (exact) mass is 247 g/mol. The minimum atomic E-state index is 0.0233. The summed E-state index contributed by atoms with van der Waals surface area (Å²) >= 11 is 0. The summed E-state index contributed by atoms with van der Waals surface area (Å²) in [4.78, 5) is 10.7. The SMILES string of the molecule is NC(=NO)c1nccnc1N1CC2CCCC2C1. The Morgan fingerprint density at radius 3 is 2.61 bits per heavy atom. The zero-order valence-electron chi connectivity index (χ0n) is 10.2.